The fourth-order valence-electron chi connectivity index (χ4n) is 3.34. The first kappa shape index (κ1) is 18.4. The van der Waals surface area contributed by atoms with Crippen LogP contribution in [0, 0.1) is 5.82 Å². The number of rotatable bonds is 9. The largest absolute Gasteiger partial charge is 0.481 e. The molecule has 0 bridgehead atoms. The van der Waals surface area contributed by atoms with Crippen LogP contribution in [0.3, 0.4) is 0 Å². The Bertz CT molecular complexity index is 538. The van der Waals surface area contributed by atoms with Crippen LogP contribution in [0.15, 0.2) is 24.3 Å². The number of hydrogen-bond acceptors (Lipinski definition) is 2. The minimum atomic E-state index is -0.755. The van der Waals surface area contributed by atoms with E-state index in [0.29, 0.717) is 18.5 Å². The molecule has 0 radical (unpaired) electrons. The summed E-state index contributed by atoms with van der Waals surface area (Å²) in [4.78, 5) is 25.2. The Balaban J connectivity index is 1.88. The average Bonchev–Trinajstić information content (AvgIpc) is 3.08. The zero-order valence-corrected chi connectivity index (χ0v) is 14.0. The second-order valence-electron chi connectivity index (χ2n) is 6.50. The minimum absolute atomic E-state index is 0.0209. The molecule has 0 aromatic heterocycles. The third-order valence-corrected chi connectivity index (χ3v) is 4.66. The van der Waals surface area contributed by atoms with Gasteiger partial charge in [0.25, 0.3) is 5.91 Å². The maximum absolute atomic E-state index is 13.1. The lowest BCUT2D eigenvalue weighted by atomic mass is 10.1. The van der Waals surface area contributed by atoms with Crippen LogP contribution < -0.4 is 0 Å². The van der Waals surface area contributed by atoms with Crippen molar-refractivity contribution in [2.24, 2.45) is 0 Å². The van der Waals surface area contributed by atoms with Crippen molar-refractivity contribution in [3.8, 4) is 0 Å². The molecule has 0 spiro atoms. The highest BCUT2D eigenvalue weighted by Crippen LogP contribution is 2.25. The molecule has 2 rings (SSSR count). The van der Waals surface area contributed by atoms with Gasteiger partial charge in [-0.15, -0.1) is 0 Å². The zero-order chi connectivity index (χ0) is 17.4. The first-order valence-electron chi connectivity index (χ1n) is 8.86. The lowest BCUT2D eigenvalue weighted by Gasteiger charge is -2.29. The first-order valence-corrected chi connectivity index (χ1v) is 8.86. The van der Waals surface area contributed by atoms with E-state index in [1.165, 1.54) is 12.1 Å². The van der Waals surface area contributed by atoms with Crippen LogP contribution in [0.4, 0.5) is 4.39 Å². The quantitative estimate of drug-likeness (QED) is 0.687. The topological polar surface area (TPSA) is 57.6 Å². The van der Waals surface area contributed by atoms with Gasteiger partial charge in [-0.2, -0.15) is 0 Å². The summed E-state index contributed by atoms with van der Waals surface area (Å²) in [6.45, 7) is 0.688. The Morgan fingerprint density at radius 1 is 1.04 bits per heavy atom. The van der Waals surface area contributed by atoms with E-state index in [-0.39, 0.29) is 24.2 Å². The molecule has 4 nitrogen and oxygen atoms in total. The summed E-state index contributed by atoms with van der Waals surface area (Å²) in [5.41, 5.74) is 0.536. The van der Waals surface area contributed by atoms with Crippen molar-refractivity contribution in [3.63, 3.8) is 0 Å². The van der Waals surface area contributed by atoms with Gasteiger partial charge in [0.1, 0.15) is 5.82 Å². The van der Waals surface area contributed by atoms with E-state index < -0.39 is 5.97 Å². The van der Waals surface area contributed by atoms with Gasteiger partial charge in [0, 0.05) is 24.6 Å². The smallest absolute Gasteiger partial charge is 0.303 e. The highest BCUT2D eigenvalue weighted by atomic mass is 19.1. The number of unbranched alkanes of at least 4 members (excludes halogenated alkanes) is 3. The first-order chi connectivity index (χ1) is 11.6. The highest BCUT2D eigenvalue weighted by molar-refractivity contribution is 5.94. The molecule has 1 amide bonds. The molecule has 5 heteroatoms. The van der Waals surface area contributed by atoms with Crippen molar-refractivity contribution in [2.75, 3.05) is 6.54 Å². The molecule has 0 heterocycles. The SMILES string of the molecule is O=C(O)CCCCCCN(C(=O)c1ccc(F)cc1)C1CCCC1. The van der Waals surface area contributed by atoms with Gasteiger partial charge in [0.05, 0.1) is 0 Å². The van der Waals surface area contributed by atoms with Crippen LogP contribution in [0.5, 0.6) is 0 Å². The van der Waals surface area contributed by atoms with Crippen LogP contribution in [0.1, 0.15) is 68.1 Å². The zero-order valence-electron chi connectivity index (χ0n) is 14.0. The predicted octanol–water partition coefficient (Wildman–Crippen LogP) is 4.25. The van der Waals surface area contributed by atoms with Gasteiger partial charge < -0.3 is 10.0 Å². The van der Waals surface area contributed by atoms with Crippen molar-refractivity contribution < 1.29 is 19.1 Å². The molecule has 24 heavy (non-hydrogen) atoms. The molecule has 1 aromatic carbocycles. The Kier molecular flexibility index (Phi) is 7.22. The van der Waals surface area contributed by atoms with Gasteiger partial charge in [-0.05, 0) is 49.9 Å². The number of carbonyl (C=O) groups excluding carboxylic acids is 1. The number of amides is 1. The minimum Gasteiger partial charge on any atom is -0.481 e. The van der Waals surface area contributed by atoms with Gasteiger partial charge in [-0.25, -0.2) is 4.39 Å². The molecular weight excluding hydrogens is 309 g/mol. The molecule has 1 aromatic rings. The monoisotopic (exact) mass is 335 g/mol. The van der Waals surface area contributed by atoms with Gasteiger partial charge >= 0.3 is 5.97 Å². The van der Waals surface area contributed by atoms with E-state index >= 15 is 0 Å². The Morgan fingerprint density at radius 2 is 1.67 bits per heavy atom. The summed E-state index contributed by atoms with van der Waals surface area (Å²) < 4.78 is 13.1. The van der Waals surface area contributed by atoms with E-state index in [4.69, 9.17) is 5.11 Å². The molecule has 0 aliphatic heterocycles. The van der Waals surface area contributed by atoms with Gasteiger partial charge in [-0.3, -0.25) is 9.59 Å². The van der Waals surface area contributed by atoms with E-state index in [1.807, 2.05) is 4.90 Å². The molecule has 0 saturated heterocycles. The molecule has 0 atom stereocenters. The summed E-state index contributed by atoms with van der Waals surface area (Å²) in [5, 5.41) is 8.64. The second-order valence-corrected chi connectivity index (χ2v) is 6.50. The molecule has 1 aliphatic rings. The van der Waals surface area contributed by atoms with Crippen LogP contribution >= 0.6 is 0 Å². The van der Waals surface area contributed by atoms with Crippen molar-refractivity contribution in [1.82, 2.24) is 4.90 Å². The van der Waals surface area contributed by atoms with Crippen LogP contribution in [0.25, 0.3) is 0 Å². The molecule has 1 N–H and O–H groups in total. The number of nitrogens with zero attached hydrogens (tertiary/aromatic N) is 1. The Hall–Kier alpha value is -1.91. The number of carboxylic acids is 1. The summed E-state index contributed by atoms with van der Waals surface area (Å²) in [6, 6.07) is 6.03. The van der Waals surface area contributed by atoms with Crippen LogP contribution in [-0.4, -0.2) is 34.5 Å². The maximum atomic E-state index is 13.1. The van der Waals surface area contributed by atoms with Gasteiger partial charge in [0.15, 0.2) is 0 Å². The van der Waals surface area contributed by atoms with Crippen LogP contribution in [0.2, 0.25) is 0 Å². The number of carboxylic acid groups (broad SMARTS) is 1. The summed E-state index contributed by atoms with van der Waals surface area (Å²) >= 11 is 0. The maximum Gasteiger partial charge on any atom is 0.303 e. The number of halogens is 1. The number of hydrogen-bond donors (Lipinski definition) is 1. The molecule has 0 unspecified atom stereocenters. The normalized spacial score (nSPS) is 14.7. The van der Waals surface area contributed by atoms with E-state index in [1.54, 1.807) is 12.1 Å². The van der Waals surface area contributed by atoms with Gasteiger partial charge in [0.2, 0.25) is 0 Å². The third kappa shape index (κ3) is 5.62. The lowest BCUT2D eigenvalue weighted by Crippen LogP contribution is -2.39. The van der Waals surface area contributed by atoms with Crippen molar-refractivity contribution in [2.45, 2.75) is 63.8 Å². The third-order valence-electron chi connectivity index (χ3n) is 4.66. The molecule has 1 fully saturated rings. The fourth-order valence-corrected chi connectivity index (χ4v) is 3.34. The summed E-state index contributed by atoms with van der Waals surface area (Å²) in [7, 11) is 0. The van der Waals surface area contributed by atoms with Crippen molar-refractivity contribution in [3.05, 3.63) is 35.6 Å². The average molecular weight is 335 g/mol. The molecule has 132 valence electrons. The highest BCUT2D eigenvalue weighted by Gasteiger charge is 2.26. The fraction of sp³-hybridized carbons (Fsp3) is 0.579. The summed E-state index contributed by atoms with van der Waals surface area (Å²) in [6.07, 6.45) is 7.93. The lowest BCUT2D eigenvalue weighted by molar-refractivity contribution is -0.137. The van der Waals surface area contributed by atoms with E-state index in [0.717, 1.165) is 44.9 Å². The van der Waals surface area contributed by atoms with Crippen LogP contribution in [-0.2, 0) is 4.79 Å². The van der Waals surface area contributed by atoms with Crippen molar-refractivity contribution >= 4 is 11.9 Å². The molecule has 1 saturated carbocycles. The molecule has 1 aliphatic carbocycles. The van der Waals surface area contributed by atoms with Crippen molar-refractivity contribution in [1.29, 1.82) is 0 Å². The Morgan fingerprint density at radius 3 is 2.29 bits per heavy atom. The predicted molar refractivity (Wildman–Crippen MR) is 90.4 cm³/mol. The van der Waals surface area contributed by atoms with Gasteiger partial charge in [-0.1, -0.05) is 25.7 Å². The second kappa shape index (κ2) is 9.40. The molecular formula is C19H26FNO3. The number of carbonyl (C=O) groups is 2. The number of aliphatic carboxylic acids is 1. The summed E-state index contributed by atoms with van der Waals surface area (Å²) in [5.74, 6) is -1.11. The number of benzene rings is 1. The Labute approximate surface area is 142 Å². The standard InChI is InChI=1S/C19H26FNO3/c20-16-12-10-15(11-13-16)19(24)21(17-7-4-5-8-17)14-6-2-1-3-9-18(22)23/h10-13,17H,1-9,14H2,(H,22,23). The van der Waals surface area contributed by atoms with E-state index in [2.05, 4.69) is 0 Å². The van der Waals surface area contributed by atoms with E-state index in [9.17, 15) is 14.0 Å².